The summed E-state index contributed by atoms with van der Waals surface area (Å²) < 4.78 is 10.5. The maximum absolute atomic E-state index is 13.4. The number of hydrogen-bond acceptors (Lipinski definition) is 6. The van der Waals surface area contributed by atoms with Crippen LogP contribution in [0.25, 0.3) is 5.76 Å². The van der Waals surface area contributed by atoms with Gasteiger partial charge in [-0.3, -0.25) is 19.3 Å². The van der Waals surface area contributed by atoms with Crippen LogP contribution in [0.3, 0.4) is 0 Å². The number of anilines is 1. The minimum absolute atomic E-state index is 0.0495. The normalized spacial score (nSPS) is 16.9. The third kappa shape index (κ3) is 4.53. The minimum Gasteiger partial charge on any atom is -0.507 e. The number of aliphatic hydroxyl groups excluding tert-OH is 1. The number of esters is 1. The second-order valence-electron chi connectivity index (χ2n) is 8.36. The highest BCUT2D eigenvalue weighted by Crippen LogP contribution is 2.43. The number of rotatable bonds is 5. The molecule has 0 spiro atoms. The number of nitrogens with zero attached hydrogens (tertiary/aromatic N) is 1. The van der Waals surface area contributed by atoms with Crippen molar-refractivity contribution in [2.45, 2.75) is 26.8 Å². The molecule has 1 heterocycles. The lowest BCUT2D eigenvalue weighted by Crippen LogP contribution is -2.29. The zero-order valence-corrected chi connectivity index (χ0v) is 19.9. The summed E-state index contributed by atoms with van der Waals surface area (Å²) in [6.45, 7) is 4.99. The minimum atomic E-state index is -0.961. The number of ether oxygens (including phenoxy) is 2. The van der Waals surface area contributed by atoms with Crippen molar-refractivity contribution in [2.24, 2.45) is 0 Å². The van der Waals surface area contributed by atoms with Crippen LogP contribution in [-0.4, -0.2) is 29.9 Å². The summed E-state index contributed by atoms with van der Waals surface area (Å²) in [4.78, 5) is 39.6. The highest BCUT2D eigenvalue weighted by molar-refractivity contribution is 6.51. The van der Waals surface area contributed by atoms with Crippen molar-refractivity contribution in [1.29, 1.82) is 0 Å². The summed E-state index contributed by atoms with van der Waals surface area (Å²) in [5.74, 6) is -1.59. The van der Waals surface area contributed by atoms with Gasteiger partial charge in [0.1, 0.15) is 17.3 Å². The molecule has 7 heteroatoms. The van der Waals surface area contributed by atoms with E-state index in [1.54, 1.807) is 54.6 Å². The van der Waals surface area contributed by atoms with Crippen LogP contribution in [0.1, 0.15) is 35.2 Å². The van der Waals surface area contributed by atoms with Crippen molar-refractivity contribution >= 4 is 29.1 Å². The quantitative estimate of drug-likeness (QED) is 0.188. The number of aryl methyl sites for hydroxylation is 2. The molecule has 0 aliphatic carbocycles. The molecule has 3 aromatic carbocycles. The first-order valence-electron chi connectivity index (χ1n) is 11.0. The Hall–Kier alpha value is -4.39. The molecule has 1 fully saturated rings. The lowest BCUT2D eigenvalue weighted by molar-refractivity contribution is -0.132. The largest absolute Gasteiger partial charge is 0.507 e. The van der Waals surface area contributed by atoms with E-state index >= 15 is 0 Å². The molecule has 1 atom stereocenters. The zero-order chi connectivity index (χ0) is 25.3. The molecule has 1 amide bonds. The van der Waals surface area contributed by atoms with E-state index < -0.39 is 23.7 Å². The number of carbonyl (C=O) groups is 3. The summed E-state index contributed by atoms with van der Waals surface area (Å²) in [6, 6.07) is 17.9. The number of benzene rings is 3. The first kappa shape index (κ1) is 23.8. The predicted octanol–water partition coefficient (Wildman–Crippen LogP) is 4.86. The summed E-state index contributed by atoms with van der Waals surface area (Å²) in [5.41, 5.74) is 2.99. The van der Waals surface area contributed by atoms with Crippen LogP contribution in [0.15, 0.2) is 72.3 Å². The second kappa shape index (κ2) is 9.46. The average molecular weight is 472 g/mol. The Balaban J connectivity index is 1.98. The molecular weight excluding hydrogens is 446 g/mol. The van der Waals surface area contributed by atoms with Gasteiger partial charge in [0.25, 0.3) is 11.7 Å². The molecule has 4 rings (SSSR count). The Labute approximate surface area is 203 Å². The molecule has 35 heavy (non-hydrogen) atoms. The fourth-order valence-corrected chi connectivity index (χ4v) is 4.22. The van der Waals surface area contributed by atoms with Crippen molar-refractivity contribution in [1.82, 2.24) is 0 Å². The molecule has 1 N–H and O–H groups in total. The lowest BCUT2D eigenvalue weighted by Gasteiger charge is -2.26. The monoisotopic (exact) mass is 471 g/mol. The molecular formula is C28H25NO6. The second-order valence-corrected chi connectivity index (χ2v) is 8.36. The number of amides is 1. The summed E-state index contributed by atoms with van der Waals surface area (Å²) in [7, 11) is 1.51. The molecule has 7 nitrogen and oxygen atoms in total. The third-order valence-electron chi connectivity index (χ3n) is 5.86. The van der Waals surface area contributed by atoms with Crippen LogP contribution < -0.4 is 14.4 Å². The predicted molar refractivity (Wildman–Crippen MR) is 131 cm³/mol. The molecule has 3 aromatic rings. The zero-order valence-electron chi connectivity index (χ0n) is 19.9. The Bertz CT molecular complexity index is 1370. The van der Waals surface area contributed by atoms with Crippen LogP contribution >= 0.6 is 0 Å². The van der Waals surface area contributed by atoms with Crippen LogP contribution in [0.5, 0.6) is 11.5 Å². The first-order chi connectivity index (χ1) is 16.7. The molecule has 0 aromatic heterocycles. The van der Waals surface area contributed by atoms with Crippen molar-refractivity contribution in [3.05, 3.63) is 94.6 Å². The molecule has 1 saturated heterocycles. The van der Waals surface area contributed by atoms with Crippen molar-refractivity contribution in [2.75, 3.05) is 12.0 Å². The number of ketones is 1. The van der Waals surface area contributed by atoms with Gasteiger partial charge in [-0.1, -0.05) is 35.9 Å². The average Bonchev–Trinajstić information content (AvgIpc) is 3.10. The van der Waals surface area contributed by atoms with Gasteiger partial charge in [0.15, 0.2) is 0 Å². The fraction of sp³-hybridized carbons (Fsp3) is 0.179. The molecule has 0 radical (unpaired) electrons. The number of Topliss-reactive ketones (excluding diaryl/α,β-unsaturated/α-hetero) is 1. The molecule has 1 aliphatic rings. The Morgan fingerprint density at radius 3 is 2.37 bits per heavy atom. The van der Waals surface area contributed by atoms with Crippen molar-refractivity contribution in [3.8, 4) is 11.5 Å². The van der Waals surface area contributed by atoms with E-state index in [9.17, 15) is 19.5 Å². The fourth-order valence-electron chi connectivity index (χ4n) is 4.22. The van der Waals surface area contributed by atoms with Gasteiger partial charge < -0.3 is 14.6 Å². The summed E-state index contributed by atoms with van der Waals surface area (Å²) >= 11 is 0. The van der Waals surface area contributed by atoms with Crippen LogP contribution in [0.4, 0.5) is 5.69 Å². The van der Waals surface area contributed by atoms with Gasteiger partial charge in [-0.25, -0.2) is 0 Å². The summed E-state index contributed by atoms with van der Waals surface area (Å²) in [5, 5.41) is 11.4. The maximum Gasteiger partial charge on any atom is 0.308 e. The van der Waals surface area contributed by atoms with Gasteiger partial charge in [-0.2, -0.15) is 0 Å². The van der Waals surface area contributed by atoms with Gasteiger partial charge in [0.05, 0.1) is 18.7 Å². The highest BCUT2D eigenvalue weighted by atomic mass is 16.5. The summed E-state index contributed by atoms with van der Waals surface area (Å²) in [6.07, 6.45) is 0. The molecule has 1 unspecified atom stereocenters. The standard InChI is InChI=1S/C28H25NO6/c1-16-11-12-17(2)23(13-16)26(31)24-25(19-7-5-10-22(14-19)35-18(3)30)29(28(33)27(24)32)20-8-6-9-21(15-20)34-4/h5-15,25,31H,1-4H3/b26-24+. The van der Waals surface area contributed by atoms with E-state index in [2.05, 4.69) is 0 Å². The number of aliphatic hydroxyl groups is 1. The van der Waals surface area contributed by atoms with E-state index in [1.165, 1.54) is 18.9 Å². The van der Waals surface area contributed by atoms with E-state index in [4.69, 9.17) is 9.47 Å². The van der Waals surface area contributed by atoms with Gasteiger partial charge in [0.2, 0.25) is 0 Å². The van der Waals surface area contributed by atoms with Crippen LogP contribution in [0.2, 0.25) is 0 Å². The van der Waals surface area contributed by atoms with E-state index in [-0.39, 0.29) is 17.1 Å². The molecule has 0 bridgehead atoms. The maximum atomic E-state index is 13.4. The van der Waals surface area contributed by atoms with Gasteiger partial charge in [-0.05, 0) is 55.3 Å². The molecule has 0 saturated carbocycles. The van der Waals surface area contributed by atoms with Gasteiger partial charge >= 0.3 is 5.97 Å². The lowest BCUT2D eigenvalue weighted by atomic mass is 9.93. The number of hydrogen-bond donors (Lipinski definition) is 1. The number of carbonyl (C=O) groups excluding carboxylic acids is 3. The Morgan fingerprint density at radius 2 is 1.66 bits per heavy atom. The van der Waals surface area contributed by atoms with E-state index in [0.29, 0.717) is 22.6 Å². The SMILES string of the molecule is COc1cccc(N2C(=O)C(=O)/C(=C(/O)c3cc(C)ccc3C)C2c2cccc(OC(C)=O)c2)c1. The number of methoxy groups -OCH3 is 1. The van der Waals surface area contributed by atoms with Crippen LogP contribution in [-0.2, 0) is 14.4 Å². The first-order valence-corrected chi connectivity index (χ1v) is 11.0. The highest BCUT2D eigenvalue weighted by Gasteiger charge is 2.47. The van der Waals surface area contributed by atoms with Crippen molar-refractivity contribution in [3.63, 3.8) is 0 Å². The Kier molecular flexibility index (Phi) is 6.42. The van der Waals surface area contributed by atoms with Crippen LogP contribution in [0, 0.1) is 13.8 Å². The van der Waals surface area contributed by atoms with E-state index in [1.807, 2.05) is 26.0 Å². The molecule has 1 aliphatic heterocycles. The van der Waals surface area contributed by atoms with Gasteiger partial charge in [0, 0.05) is 24.2 Å². The van der Waals surface area contributed by atoms with Gasteiger partial charge in [-0.15, -0.1) is 0 Å². The topological polar surface area (TPSA) is 93.1 Å². The third-order valence-corrected chi connectivity index (χ3v) is 5.86. The Morgan fingerprint density at radius 1 is 0.943 bits per heavy atom. The van der Waals surface area contributed by atoms with Crippen molar-refractivity contribution < 1.29 is 29.0 Å². The molecule has 178 valence electrons. The smallest absolute Gasteiger partial charge is 0.308 e. The van der Waals surface area contributed by atoms with E-state index in [0.717, 1.165) is 11.1 Å².